The standard InChI is InChI=1S/C15H11F3N2O3/c16-15(17,18)8-3-1-4-9(7-8)20-10-5-2-6-11(21)12(10)13(19-20)14(22)23/h1,3-4,7H,2,5-6H2,(H,22,23). The molecule has 1 aromatic carbocycles. The average molecular weight is 324 g/mol. The number of hydrogen-bond donors (Lipinski definition) is 1. The number of carbonyl (C=O) groups is 2. The number of hydrogen-bond acceptors (Lipinski definition) is 3. The minimum atomic E-state index is -4.52. The third kappa shape index (κ3) is 2.60. The van der Waals surface area contributed by atoms with Gasteiger partial charge in [0.25, 0.3) is 0 Å². The Balaban J connectivity index is 2.20. The Labute approximate surface area is 128 Å². The third-order valence-corrected chi connectivity index (χ3v) is 3.70. The summed E-state index contributed by atoms with van der Waals surface area (Å²) in [7, 11) is 0. The highest BCUT2D eigenvalue weighted by Gasteiger charge is 2.33. The highest BCUT2D eigenvalue weighted by Crippen LogP contribution is 2.32. The van der Waals surface area contributed by atoms with E-state index in [2.05, 4.69) is 5.10 Å². The fourth-order valence-electron chi connectivity index (χ4n) is 2.70. The Morgan fingerprint density at radius 1 is 1.26 bits per heavy atom. The van der Waals surface area contributed by atoms with Crippen molar-refractivity contribution in [2.75, 3.05) is 0 Å². The highest BCUT2D eigenvalue weighted by molar-refractivity contribution is 6.06. The molecule has 8 heteroatoms. The molecule has 1 aromatic heterocycles. The molecule has 0 unspecified atom stereocenters. The number of alkyl halides is 3. The Hall–Kier alpha value is -2.64. The van der Waals surface area contributed by atoms with Crippen molar-refractivity contribution in [1.29, 1.82) is 0 Å². The lowest BCUT2D eigenvalue weighted by molar-refractivity contribution is -0.137. The summed E-state index contributed by atoms with van der Waals surface area (Å²) >= 11 is 0. The molecule has 0 atom stereocenters. The summed E-state index contributed by atoms with van der Waals surface area (Å²) < 4.78 is 39.7. The molecular weight excluding hydrogens is 313 g/mol. The predicted octanol–water partition coefficient (Wildman–Crippen LogP) is 3.11. The van der Waals surface area contributed by atoms with Gasteiger partial charge >= 0.3 is 12.1 Å². The molecule has 1 heterocycles. The maximum atomic E-state index is 12.8. The van der Waals surface area contributed by atoms with E-state index >= 15 is 0 Å². The molecule has 0 radical (unpaired) electrons. The lowest BCUT2D eigenvalue weighted by Crippen LogP contribution is -2.15. The average Bonchev–Trinajstić information content (AvgIpc) is 2.88. The van der Waals surface area contributed by atoms with Crippen LogP contribution in [0.4, 0.5) is 13.2 Å². The Bertz CT molecular complexity index is 809. The van der Waals surface area contributed by atoms with Crippen LogP contribution >= 0.6 is 0 Å². The molecular formula is C15H11F3N2O3. The molecule has 0 aliphatic heterocycles. The molecule has 23 heavy (non-hydrogen) atoms. The van der Waals surface area contributed by atoms with Crippen molar-refractivity contribution in [2.24, 2.45) is 0 Å². The molecule has 2 aromatic rings. The van der Waals surface area contributed by atoms with Crippen LogP contribution in [0.3, 0.4) is 0 Å². The minimum Gasteiger partial charge on any atom is -0.476 e. The van der Waals surface area contributed by atoms with Gasteiger partial charge in [-0.25, -0.2) is 9.48 Å². The molecule has 1 aliphatic rings. The van der Waals surface area contributed by atoms with Gasteiger partial charge in [-0.3, -0.25) is 4.79 Å². The topological polar surface area (TPSA) is 72.2 Å². The molecule has 120 valence electrons. The predicted molar refractivity (Wildman–Crippen MR) is 72.8 cm³/mol. The first-order chi connectivity index (χ1) is 10.8. The van der Waals surface area contributed by atoms with Crippen LogP contribution in [-0.2, 0) is 12.6 Å². The van der Waals surface area contributed by atoms with E-state index < -0.39 is 23.4 Å². The van der Waals surface area contributed by atoms with E-state index in [-0.39, 0.29) is 23.5 Å². The summed E-state index contributed by atoms with van der Waals surface area (Å²) in [4.78, 5) is 23.3. The van der Waals surface area contributed by atoms with Gasteiger partial charge in [0.05, 0.1) is 22.5 Å². The molecule has 3 rings (SSSR count). The number of nitrogens with zero attached hydrogens (tertiary/aromatic N) is 2. The Morgan fingerprint density at radius 2 is 2.00 bits per heavy atom. The number of carboxylic acids is 1. The third-order valence-electron chi connectivity index (χ3n) is 3.70. The molecule has 0 saturated carbocycles. The number of ketones is 1. The lowest BCUT2D eigenvalue weighted by atomic mass is 9.94. The van der Waals surface area contributed by atoms with E-state index in [1.165, 1.54) is 12.1 Å². The molecule has 0 fully saturated rings. The van der Waals surface area contributed by atoms with Crippen molar-refractivity contribution >= 4 is 11.8 Å². The zero-order chi connectivity index (χ0) is 16.8. The van der Waals surface area contributed by atoms with E-state index in [0.29, 0.717) is 18.5 Å². The summed E-state index contributed by atoms with van der Waals surface area (Å²) in [5, 5.41) is 13.1. The number of Topliss-reactive ketones (excluding diaryl/α,β-unsaturated/α-hetero) is 1. The molecule has 0 spiro atoms. The first-order valence-corrected chi connectivity index (χ1v) is 6.85. The number of benzene rings is 1. The molecule has 5 nitrogen and oxygen atoms in total. The van der Waals surface area contributed by atoms with Crippen LogP contribution in [0.5, 0.6) is 0 Å². The van der Waals surface area contributed by atoms with Gasteiger partial charge in [0.15, 0.2) is 11.5 Å². The maximum absolute atomic E-state index is 12.8. The van der Waals surface area contributed by atoms with E-state index in [1.807, 2.05) is 0 Å². The normalized spacial score (nSPS) is 14.7. The number of rotatable bonds is 2. The van der Waals surface area contributed by atoms with Crippen LogP contribution in [0.1, 0.15) is 44.9 Å². The molecule has 0 saturated heterocycles. The summed E-state index contributed by atoms with van der Waals surface area (Å²) in [6.45, 7) is 0. The summed E-state index contributed by atoms with van der Waals surface area (Å²) in [5.74, 6) is -1.72. The van der Waals surface area contributed by atoms with Crippen LogP contribution in [0.2, 0.25) is 0 Å². The molecule has 0 bridgehead atoms. The van der Waals surface area contributed by atoms with E-state index in [1.54, 1.807) is 0 Å². The largest absolute Gasteiger partial charge is 0.476 e. The smallest absolute Gasteiger partial charge is 0.416 e. The first-order valence-electron chi connectivity index (χ1n) is 6.85. The number of carboxylic acid groups (broad SMARTS) is 1. The van der Waals surface area contributed by atoms with Crippen LogP contribution in [0.25, 0.3) is 5.69 Å². The number of carbonyl (C=O) groups excluding carboxylic acids is 1. The fourth-order valence-corrected chi connectivity index (χ4v) is 2.70. The second kappa shape index (κ2) is 5.22. The van der Waals surface area contributed by atoms with Gasteiger partial charge in [-0.1, -0.05) is 6.07 Å². The van der Waals surface area contributed by atoms with E-state index in [0.717, 1.165) is 16.8 Å². The number of fused-ring (bicyclic) bond motifs is 1. The van der Waals surface area contributed by atoms with Crippen molar-refractivity contribution in [3.63, 3.8) is 0 Å². The van der Waals surface area contributed by atoms with Crippen molar-refractivity contribution in [3.05, 3.63) is 46.8 Å². The number of aromatic nitrogens is 2. The lowest BCUT2D eigenvalue weighted by Gasteiger charge is -2.14. The van der Waals surface area contributed by atoms with Gasteiger partial charge in [-0.2, -0.15) is 18.3 Å². The van der Waals surface area contributed by atoms with Crippen molar-refractivity contribution in [2.45, 2.75) is 25.4 Å². The zero-order valence-corrected chi connectivity index (χ0v) is 11.7. The van der Waals surface area contributed by atoms with Crippen molar-refractivity contribution in [1.82, 2.24) is 9.78 Å². The van der Waals surface area contributed by atoms with Crippen molar-refractivity contribution < 1.29 is 27.9 Å². The van der Waals surface area contributed by atoms with Gasteiger partial charge in [-0.05, 0) is 31.0 Å². The second-order valence-corrected chi connectivity index (χ2v) is 5.21. The highest BCUT2D eigenvalue weighted by atomic mass is 19.4. The monoisotopic (exact) mass is 324 g/mol. The van der Waals surface area contributed by atoms with Gasteiger partial charge < -0.3 is 5.11 Å². The van der Waals surface area contributed by atoms with Gasteiger partial charge in [0, 0.05) is 6.42 Å². The first kappa shape index (κ1) is 15.3. The van der Waals surface area contributed by atoms with Crippen LogP contribution in [0.15, 0.2) is 24.3 Å². The Kier molecular flexibility index (Phi) is 3.46. The van der Waals surface area contributed by atoms with Crippen LogP contribution in [0, 0.1) is 0 Å². The quantitative estimate of drug-likeness (QED) is 0.921. The van der Waals surface area contributed by atoms with Gasteiger partial charge in [-0.15, -0.1) is 0 Å². The molecule has 0 amide bonds. The SMILES string of the molecule is O=C(O)c1nn(-c2cccc(C(F)(F)F)c2)c2c1C(=O)CCC2. The zero-order valence-electron chi connectivity index (χ0n) is 11.7. The van der Waals surface area contributed by atoms with Gasteiger partial charge in [0.2, 0.25) is 0 Å². The Morgan fingerprint density at radius 3 is 2.65 bits per heavy atom. The van der Waals surface area contributed by atoms with Crippen LogP contribution in [-0.4, -0.2) is 26.6 Å². The number of aromatic carboxylic acids is 1. The van der Waals surface area contributed by atoms with Gasteiger partial charge in [0.1, 0.15) is 0 Å². The summed E-state index contributed by atoms with van der Waals surface area (Å²) in [6, 6.07) is 4.42. The number of halogens is 3. The minimum absolute atomic E-state index is 0.00108. The second-order valence-electron chi connectivity index (χ2n) is 5.21. The van der Waals surface area contributed by atoms with Crippen LogP contribution < -0.4 is 0 Å². The molecule has 1 N–H and O–H groups in total. The van der Waals surface area contributed by atoms with E-state index in [9.17, 15) is 27.9 Å². The summed E-state index contributed by atoms with van der Waals surface area (Å²) in [5.41, 5.74) is -0.849. The summed E-state index contributed by atoms with van der Waals surface area (Å²) in [6.07, 6.45) is -3.41. The van der Waals surface area contributed by atoms with E-state index in [4.69, 9.17) is 0 Å². The molecule has 1 aliphatic carbocycles. The van der Waals surface area contributed by atoms with Crippen molar-refractivity contribution in [3.8, 4) is 5.69 Å². The maximum Gasteiger partial charge on any atom is 0.416 e. The fraction of sp³-hybridized carbons (Fsp3) is 0.267.